The number of hydrogen-bond donors (Lipinski definition) is 1. The first-order valence-corrected chi connectivity index (χ1v) is 8.80. The molecule has 0 radical (unpaired) electrons. The number of halogens is 1. The van der Waals surface area contributed by atoms with E-state index in [9.17, 15) is 0 Å². The lowest BCUT2D eigenvalue weighted by atomic mass is 10.0. The monoisotopic (exact) mass is 330 g/mol. The minimum atomic E-state index is 0. The highest BCUT2D eigenvalue weighted by Gasteiger charge is 2.24. The second kappa shape index (κ2) is 7.65. The van der Waals surface area contributed by atoms with Crippen molar-refractivity contribution in [2.75, 3.05) is 19.6 Å². The first kappa shape index (κ1) is 16.8. The van der Waals surface area contributed by atoms with Gasteiger partial charge >= 0.3 is 0 Å². The predicted molar refractivity (Wildman–Crippen MR) is 100 cm³/mol. The van der Waals surface area contributed by atoms with Gasteiger partial charge in [-0.15, -0.1) is 12.4 Å². The third-order valence-corrected chi connectivity index (χ3v) is 5.20. The molecule has 0 spiro atoms. The molecule has 124 valence electrons. The van der Waals surface area contributed by atoms with Crippen LogP contribution in [0.1, 0.15) is 31.2 Å². The number of piperidine rings is 1. The van der Waals surface area contributed by atoms with Crippen molar-refractivity contribution in [2.24, 2.45) is 5.92 Å². The van der Waals surface area contributed by atoms with Gasteiger partial charge in [-0.05, 0) is 73.6 Å². The lowest BCUT2D eigenvalue weighted by molar-refractivity contribution is 0.190. The molecule has 1 heterocycles. The number of benzene rings is 2. The Morgan fingerprint density at radius 3 is 2.39 bits per heavy atom. The summed E-state index contributed by atoms with van der Waals surface area (Å²) >= 11 is 0. The first-order valence-electron chi connectivity index (χ1n) is 8.80. The van der Waals surface area contributed by atoms with E-state index in [0.29, 0.717) is 0 Å². The van der Waals surface area contributed by atoms with E-state index in [1.54, 1.807) is 0 Å². The number of fused-ring (bicyclic) bond motifs is 1. The largest absolute Gasteiger partial charge is 0.314 e. The Morgan fingerprint density at radius 2 is 1.65 bits per heavy atom. The Balaban J connectivity index is 0.00000156. The van der Waals surface area contributed by atoms with Gasteiger partial charge in [0.1, 0.15) is 0 Å². The summed E-state index contributed by atoms with van der Waals surface area (Å²) in [4.78, 5) is 2.61. The smallest absolute Gasteiger partial charge is 0.0233 e. The summed E-state index contributed by atoms with van der Waals surface area (Å²) in [6.07, 6.45) is 5.52. The van der Waals surface area contributed by atoms with Crippen molar-refractivity contribution in [2.45, 2.75) is 38.3 Å². The molecule has 2 aromatic carbocycles. The topological polar surface area (TPSA) is 15.3 Å². The van der Waals surface area contributed by atoms with Gasteiger partial charge in [0.15, 0.2) is 0 Å². The predicted octanol–water partition coefficient (Wildman–Crippen LogP) is 4.23. The molecule has 3 heteroatoms. The molecule has 23 heavy (non-hydrogen) atoms. The zero-order chi connectivity index (χ0) is 14.8. The summed E-state index contributed by atoms with van der Waals surface area (Å²) in [6.45, 7) is 4.82. The van der Waals surface area contributed by atoms with E-state index in [1.807, 2.05) is 0 Å². The third kappa shape index (κ3) is 4.47. The number of hydrogen-bond acceptors (Lipinski definition) is 2. The van der Waals surface area contributed by atoms with E-state index in [4.69, 9.17) is 0 Å². The summed E-state index contributed by atoms with van der Waals surface area (Å²) in [6, 6.07) is 16.3. The molecule has 1 N–H and O–H groups in total. The highest BCUT2D eigenvalue weighted by Crippen LogP contribution is 2.28. The molecular formula is C20H27ClN2. The van der Waals surface area contributed by atoms with Crippen molar-refractivity contribution in [3.63, 3.8) is 0 Å². The summed E-state index contributed by atoms with van der Waals surface area (Å²) in [5.41, 5.74) is 1.45. The lowest BCUT2D eigenvalue weighted by Gasteiger charge is -2.32. The quantitative estimate of drug-likeness (QED) is 0.882. The Hall–Kier alpha value is -1.09. The normalized spacial score (nSPS) is 19.7. The number of nitrogens with one attached hydrogen (secondary N) is 1. The van der Waals surface area contributed by atoms with Crippen LogP contribution in [0.3, 0.4) is 0 Å². The van der Waals surface area contributed by atoms with Gasteiger partial charge in [0.05, 0.1) is 0 Å². The Labute approximate surface area is 145 Å². The van der Waals surface area contributed by atoms with Crippen LogP contribution in [0.5, 0.6) is 0 Å². The van der Waals surface area contributed by atoms with Gasteiger partial charge in [-0.25, -0.2) is 0 Å². The second-order valence-corrected chi connectivity index (χ2v) is 7.08. The molecule has 1 saturated heterocycles. The highest BCUT2D eigenvalue weighted by molar-refractivity contribution is 5.85. The first-order chi connectivity index (χ1) is 10.9. The summed E-state index contributed by atoms with van der Waals surface area (Å²) in [7, 11) is 0. The van der Waals surface area contributed by atoms with Gasteiger partial charge in [-0.2, -0.15) is 0 Å². The molecule has 2 fully saturated rings. The van der Waals surface area contributed by atoms with Crippen LogP contribution >= 0.6 is 12.4 Å². The van der Waals surface area contributed by atoms with Crippen LogP contribution in [0, 0.1) is 5.92 Å². The van der Waals surface area contributed by atoms with E-state index >= 15 is 0 Å². The van der Waals surface area contributed by atoms with E-state index in [1.165, 1.54) is 61.7 Å². The van der Waals surface area contributed by atoms with Gasteiger partial charge < -0.3 is 5.32 Å². The number of likely N-dealkylation sites (tertiary alicyclic amines) is 1. The van der Waals surface area contributed by atoms with Crippen LogP contribution in [0.15, 0.2) is 42.5 Å². The molecule has 2 nitrogen and oxygen atoms in total. The van der Waals surface area contributed by atoms with Gasteiger partial charge in [0, 0.05) is 12.6 Å². The molecule has 0 amide bonds. The molecule has 1 aliphatic heterocycles. The molecule has 0 unspecified atom stereocenters. The zero-order valence-corrected chi connectivity index (χ0v) is 14.5. The highest BCUT2D eigenvalue weighted by atomic mass is 35.5. The maximum atomic E-state index is 3.77. The van der Waals surface area contributed by atoms with Crippen LogP contribution in [0.25, 0.3) is 10.8 Å². The second-order valence-electron chi connectivity index (χ2n) is 7.08. The van der Waals surface area contributed by atoms with Crippen molar-refractivity contribution in [1.29, 1.82) is 0 Å². The third-order valence-electron chi connectivity index (χ3n) is 5.20. The van der Waals surface area contributed by atoms with Crippen molar-refractivity contribution >= 4 is 23.2 Å². The zero-order valence-electron chi connectivity index (χ0n) is 13.7. The van der Waals surface area contributed by atoms with Crippen molar-refractivity contribution in [1.82, 2.24) is 10.2 Å². The van der Waals surface area contributed by atoms with Gasteiger partial charge in [-0.3, -0.25) is 4.90 Å². The molecule has 0 atom stereocenters. The van der Waals surface area contributed by atoms with Crippen LogP contribution in [0.2, 0.25) is 0 Å². The standard InChI is InChI=1S/C20H26N2.ClH/c1-2-4-19-13-17(7-8-18(19)3-1)15-22-11-9-20(10-12-22)21-14-16-5-6-16;/h1-4,7-8,13,16,20-21H,5-6,9-12,14-15H2;1H. The Kier molecular flexibility index (Phi) is 5.58. The average Bonchev–Trinajstić information content (AvgIpc) is 3.38. The molecule has 0 bridgehead atoms. The van der Waals surface area contributed by atoms with E-state index < -0.39 is 0 Å². The lowest BCUT2D eigenvalue weighted by Crippen LogP contribution is -2.42. The van der Waals surface area contributed by atoms with E-state index in [2.05, 4.69) is 52.7 Å². The molecule has 1 aliphatic carbocycles. The minimum Gasteiger partial charge on any atom is -0.314 e. The molecule has 4 rings (SSSR count). The number of nitrogens with zero attached hydrogens (tertiary/aromatic N) is 1. The number of rotatable bonds is 5. The minimum absolute atomic E-state index is 0. The summed E-state index contributed by atoms with van der Waals surface area (Å²) < 4.78 is 0. The fourth-order valence-corrected chi connectivity index (χ4v) is 3.55. The van der Waals surface area contributed by atoms with Crippen molar-refractivity contribution in [3.8, 4) is 0 Å². The molecule has 1 saturated carbocycles. The van der Waals surface area contributed by atoms with Crippen LogP contribution in [0.4, 0.5) is 0 Å². The van der Waals surface area contributed by atoms with Gasteiger partial charge in [0.2, 0.25) is 0 Å². The van der Waals surface area contributed by atoms with Crippen LogP contribution in [-0.4, -0.2) is 30.6 Å². The summed E-state index contributed by atoms with van der Waals surface area (Å²) in [5, 5.41) is 6.47. The van der Waals surface area contributed by atoms with E-state index in [-0.39, 0.29) is 12.4 Å². The maximum Gasteiger partial charge on any atom is 0.0233 e. The molecule has 2 aromatic rings. The molecule has 0 aromatic heterocycles. The van der Waals surface area contributed by atoms with E-state index in [0.717, 1.165) is 18.5 Å². The Morgan fingerprint density at radius 1 is 0.913 bits per heavy atom. The van der Waals surface area contributed by atoms with Crippen LogP contribution < -0.4 is 5.32 Å². The van der Waals surface area contributed by atoms with Crippen molar-refractivity contribution in [3.05, 3.63) is 48.0 Å². The average molecular weight is 331 g/mol. The Bertz CT molecular complexity index is 630. The molecule has 2 aliphatic rings. The molecular weight excluding hydrogens is 304 g/mol. The van der Waals surface area contributed by atoms with Gasteiger partial charge in [0.25, 0.3) is 0 Å². The summed E-state index contributed by atoms with van der Waals surface area (Å²) in [5.74, 6) is 0.996. The fraction of sp³-hybridized carbons (Fsp3) is 0.500. The SMILES string of the molecule is Cl.c1ccc2cc(CN3CCC(NCC4CC4)CC3)ccc2c1. The maximum absolute atomic E-state index is 3.77. The van der Waals surface area contributed by atoms with Crippen molar-refractivity contribution < 1.29 is 0 Å². The van der Waals surface area contributed by atoms with Crippen LogP contribution in [-0.2, 0) is 6.54 Å². The fourth-order valence-electron chi connectivity index (χ4n) is 3.55. The van der Waals surface area contributed by atoms with Gasteiger partial charge in [-0.1, -0.05) is 36.4 Å².